The molecule has 2 N–H and O–H groups in total. The van der Waals surface area contributed by atoms with E-state index in [0.29, 0.717) is 23.1 Å². The first-order valence-electron chi connectivity index (χ1n) is 10.6. The second kappa shape index (κ2) is 9.41. The van der Waals surface area contributed by atoms with E-state index in [1.807, 2.05) is 36.4 Å². The molecule has 0 spiro atoms. The Hall–Kier alpha value is -2.70. The van der Waals surface area contributed by atoms with Gasteiger partial charge < -0.3 is 10.3 Å². The van der Waals surface area contributed by atoms with Crippen LogP contribution in [0.15, 0.2) is 60.8 Å². The van der Waals surface area contributed by atoms with Gasteiger partial charge in [-0.25, -0.2) is 0 Å². The molecule has 156 valence electrons. The number of imidazole rings is 1. The predicted octanol–water partition coefficient (Wildman–Crippen LogP) is 4.84. The van der Waals surface area contributed by atoms with Crippen LogP contribution in [-0.4, -0.2) is 32.9 Å². The van der Waals surface area contributed by atoms with Crippen LogP contribution in [0.25, 0.3) is 5.69 Å². The lowest BCUT2D eigenvalue weighted by Gasteiger charge is -2.33. The molecule has 5 nitrogen and oxygen atoms in total. The summed E-state index contributed by atoms with van der Waals surface area (Å²) in [5, 5.41) is 3.08. The highest BCUT2D eigenvalue weighted by Crippen LogP contribution is 2.21. The average Bonchev–Trinajstić information content (AvgIpc) is 3.16. The van der Waals surface area contributed by atoms with Crippen LogP contribution in [0.5, 0.6) is 0 Å². The molecule has 1 aliphatic rings. The van der Waals surface area contributed by atoms with Crippen molar-refractivity contribution in [3.8, 4) is 5.69 Å². The molecule has 1 saturated heterocycles. The molecule has 0 radical (unpaired) electrons. The number of nitrogens with one attached hydrogen (secondary N) is 2. The number of hydrogen-bond donors (Lipinski definition) is 2. The van der Waals surface area contributed by atoms with Gasteiger partial charge in [-0.2, -0.15) is 0 Å². The number of benzene rings is 2. The molecule has 1 unspecified atom stereocenters. The van der Waals surface area contributed by atoms with E-state index in [0.717, 1.165) is 24.3 Å². The Morgan fingerprint density at radius 3 is 2.60 bits per heavy atom. The van der Waals surface area contributed by atoms with Crippen molar-refractivity contribution in [1.29, 1.82) is 0 Å². The molecule has 1 aromatic heterocycles. The first-order chi connectivity index (χ1) is 14.6. The van der Waals surface area contributed by atoms with Crippen LogP contribution >= 0.6 is 12.2 Å². The van der Waals surface area contributed by atoms with E-state index >= 15 is 0 Å². The molecule has 0 saturated carbocycles. The van der Waals surface area contributed by atoms with Crippen molar-refractivity contribution < 1.29 is 4.79 Å². The van der Waals surface area contributed by atoms with Gasteiger partial charge in [0.25, 0.3) is 5.91 Å². The molecule has 3 aromatic rings. The number of para-hydroxylation sites is 1. The topological polar surface area (TPSA) is 53.1 Å². The lowest BCUT2D eigenvalue weighted by Crippen LogP contribution is -2.37. The van der Waals surface area contributed by atoms with E-state index < -0.39 is 0 Å². The van der Waals surface area contributed by atoms with Crippen molar-refractivity contribution in [2.24, 2.45) is 0 Å². The third-order valence-corrected chi connectivity index (χ3v) is 6.20. The van der Waals surface area contributed by atoms with Gasteiger partial charge in [0.2, 0.25) is 0 Å². The lowest BCUT2D eigenvalue weighted by molar-refractivity contribution is 0.0943. The zero-order valence-electron chi connectivity index (χ0n) is 17.3. The highest BCUT2D eigenvalue weighted by atomic mass is 32.1. The monoisotopic (exact) mass is 420 g/mol. The predicted molar refractivity (Wildman–Crippen MR) is 122 cm³/mol. The summed E-state index contributed by atoms with van der Waals surface area (Å²) in [7, 11) is 0. The Labute approximate surface area is 182 Å². The first-order valence-corrected chi connectivity index (χ1v) is 11.0. The fourth-order valence-electron chi connectivity index (χ4n) is 4.13. The van der Waals surface area contributed by atoms with Gasteiger partial charge in [-0.05, 0) is 61.8 Å². The molecule has 6 heteroatoms. The first kappa shape index (κ1) is 20.6. The summed E-state index contributed by atoms with van der Waals surface area (Å²) in [5.41, 5.74) is 3.81. The van der Waals surface area contributed by atoms with E-state index in [1.54, 1.807) is 10.8 Å². The van der Waals surface area contributed by atoms with Crippen LogP contribution in [0, 0.1) is 4.77 Å². The average molecular weight is 421 g/mol. The normalized spacial score (nSPS) is 17.0. The number of hydrogen-bond acceptors (Lipinski definition) is 3. The maximum Gasteiger partial charge on any atom is 0.270 e. The molecule has 1 fully saturated rings. The summed E-state index contributed by atoms with van der Waals surface area (Å²) in [5.74, 6) is -0.146. The van der Waals surface area contributed by atoms with Gasteiger partial charge in [0.1, 0.15) is 5.69 Å². The molecular weight excluding hydrogens is 392 g/mol. The van der Waals surface area contributed by atoms with Gasteiger partial charge in [0.15, 0.2) is 4.77 Å². The van der Waals surface area contributed by atoms with Gasteiger partial charge in [0, 0.05) is 31.0 Å². The summed E-state index contributed by atoms with van der Waals surface area (Å²) in [6.45, 7) is 4.87. The Balaban J connectivity index is 1.49. The molecule has 1 amide bonds. The lowest BCUT2D eigenvalue weighted by atomic mass is 10.0. The number of H-pyrrole nitrogens is 1. The van der Waals surface area contributed by atoms with E-state index in [-0.39, 0.29) is 5.91 Å². The molecule has 0 aliphatic carbocycles. The molecule has 4 rings (SSSR count). The van der Waals surface area contributed by atoms with Gasteiger partial charge >= 0.3 is 0 Å². The number of amides is 1. The maximum atomic E-state index is 13.0. The minimum Gasteiger partial charge on any atom is -0.347 e. The number of nitrogens with zero attached hydrogens (tertiary/aromatic N) is 2. The minimum atomic E-state index is -0.146. The van der Waals surface area contributed by atoms with E-state index in [4.69, 9.17) is 12.2 Å². The molecule has 0 bridgehead atoms. The van der Waals surface area contributed by atoms with Crippen molar-refractivity contribution in [2.45, 2.75) is 45.3 Å². The van der Waals surface area contributed by atoms with Gasteiger partial charge in [-0.15, -0.1) is 0 Å². The van der Waals surface area contributed by atoms with Crippen molar-refractivity contribution in [3.05, 3.63) is 82.4 Å². The Kier molecular flexibility index (Phi) is 6.45. The van der Waals surface area contributed by atoms with Crippen molar-refractivity contribution in [2.75, 3.05) is 6.54 Å². The Bertz CT molecular complexity index is 1060. The van der Waals surface area contributed by atoms with E-state index in [2.05, 4.69) is 40.3 Å². The standard InChI is InChI=1S/C24H28N4OS/c1-18-9-7-8-14-27(18)17-20-11-6-5-10-19(20)15-25-23(29)22-16-26-24(30)28(22)21-12-3-2-4-13-21/h2-6,10-13,16,18H,7-9,14-15,17H2,1H3,(H,25,29)(H,26,30). The van der Waals surface area contributed by atoms with E-state index in [1.165, 1.54) is 24.8 Å². The Morgan fingerprint density at radius 2 is 1.83 bits per heavy atom. The number of carbonyl (C=O) groups is 1. The summed E-state index contributed by atoms with van der Waals surface area (Å²) >= 11 is 5.40. The number of rotatable bonds is 6. The fourth-order valence-corrected chi connectivity index (χ4v) is 4.39. The number of piperidine rings is 1. The highest BCUT2D eigenvalue weighted by Gasteiger charge is 2.20. The van der Waals surface area contributed by atoms with E-state index in [9.17, 15) is 4.79 Å². The largest absolute Gasteiger partial charge is 0.347 e. The quantitative estimate of drug-likeness (QED) is 0.561. The highest BCUT2D eigenvalue weighted by molar-refractivity contribution is 7.71. The molecule has 1 atom stereocenters. The molecule has 1 aliphatic heterocycles. The maximum absolute atomic E-state index is 13.0. The molecule has 30 heavy (non-hydrogen) atoms. The van der Waals surface area contributed by atoms with Crippen molar-refractivity contribution in [3.63, 3.8) is 0 Å². The van der Waals surface area contributed by atoms with Gasteiger partial charge in [0.05, 0.1) is 0 Å². The molecule has 2 heterocycles. The van der Waals surface area contributed by atoms with Crippen LogP contribution in [0.4, 0.5) is 0 Å². The second-order valence-electron chi connectivity index (χ2n) is 7.92. The van der Waals surface area contributed by atoms with Crippen molar-refractivity contribution in [1.82, 2.24) is 19.8 Å². The zero-order chi connectivity index (χ0) is 20.9. The fraction of sp³-hybridized carbons (Fsp3) is 0.333. The smallest absolute Gasteiger partial charge is 0.270 e. The number of aromatic amines is 1. The summed E-state index contributed by atoms with van der Waals surface area (Å²) in [4.78, 5) is 18.5. The minimum absolute atomic E-state index is 0.146. The molecular formula is C24H28N4OS. The van der Waals surface area contributed by atoms with Crippen LogP contribution in [0.3, 0.4) is 0 Å². The van der Waals surface area contributed by atoms with Crippen LogP contribution in [0.2, 0.25) is 0 Å². The third-order valence-electron chi connectivity index (χ3n) is 5.90. The second-order valence-corrected chi connectivity index (χ2v) is 8.30. The van der Waals surface area contributed by atoms with Crippen LogP contribution in [0.1, 0.15) is 47.8 Å². The summed E-state index contributed by atoms with van der Waals surface area (Å²) < 4.78 is 2.28. The van der Waals surface area contributed by atoms with Crippen LogP contribution < -0.4 is 5.32 Å². The SMILES string of the molecule is CC1CCCCN1Cc1ccccc1CNC(=O)c1c[nH]c(=S)n1-c1ccccc1. The van der Waals surface area contributed by atoms with Crippen molar-refractivity contribution >= 4 is 18.1 Å². The number of likely N-dealkylation sites (tertiary alicyclic amines) is 1. The van der Waals surface area contributed by atoms with Crippen LogP contribution in [-0.2, 0) is 13.1 Å². The Morgan fingerprint density at radius 1 is 1.10 bits per heavy atom. The zero-order valence-corrected chi connectivity index (χ0v) is 18.1. The molecule has 2 aromatic carbocycles. The van der Waals surface area contributed by atoms with Gasteiger partial charge in [-0.3, -0.25) is 14.3 Å². The number of aromatic nitrogens is 2. The van der Waals surface area contributed by atoms with Gasteiger partial charge in [-0.1, -0.05) is 48.9 Å². The number of carbonyl (C=O) groups excluding carboxylic acids is 1. The summed E-state index contributed by atoms with van der Waals surface area (Å²) in [6.07, 6.45) is 5.51. The summed E-state index contributed by atoms with van der Waals surface area (Å²) in [6, 6.07) is 18.7. The third kappa shape index (κ3) is 4.55.